The Labute approximate surface area is 262 Å². The molecule has 5 heterocycles. The Bertz CT molecular complexity index is 1630. The van der Waals surface area contributed by atoms with Gasteiger partial charge in [0.05, 0.1) is 31.9 Å². The second-order valence-electron chi connectivity index (χ2n) is 11.9. The Kier molecular flexibility index (Phi) is 6.94. The molecule has 6 aliphatic rings. The number of benzene rings is 2. The number of hydrogen-bond acceptors (Lipinski definition) is 7. The minimum atomic E-state index is -0.367. The fourth-order valence-electron chi connectivity index (χ4n) is 7.07. The lowest BCUT2D eigenvalue weighted by atomic mass is 9.84. The summed E-state index contributed by atoms with van der Waals surface area (Å²) in [6.45, 7) is 3.68. The number of rotatable bonds is 6. The number of nitrogens with zero attached hydrogens (tertiary/aromatic N) is 7. The summed E-state index contributed by atoms with van der Waals surface area (Å²) in [5, 5.41) is 0. The molecule has 10 heteroatoms. The van der Waals surface area contributed by atoms with Crippen LogP contribution in [0.5, 0.6) is 0 Å². The molecule has 0 N–H and O–H groups in total. The summed E-state index contributed by atoms with van der Waals surface area (Å²) < 4.78 is 46.6. The van der Waals surface area contributed by atoms with Crippen molar-refractivity contribution in [2.24, 2.45) is 0 Å². The molecule has 1 saturated heterocycles. The predicted molar refractivity (Wildman–Crippen MR) is 169 cm³/mol. The average Bonchev–Trinajstić information content (AvgIpc) is 3.74. The van der Waals surface area contributed by atoms with Crippen LogP contribution in [0.1, 0.15) is 6.42 Å². The van der Waals surface area contributed by atoms with Crippen molar-refractivity contribution in [1.29, 1.82) is 0 Å². The van der Waals surface area contributed by atoms with E-state index >= 15 is 8.78 Å². The summed E-state index contributed by atoms with van der Waals surface area (Å²) in [5.74, 6) is -0.0275. The Hall–Kier alpha value is -4.83. The van der Waals surface area contributed by atoms with Crippen molar-refractivity contribution in [3.8, 4) is 0 Å². The van der Waals surface area contributed by atoms with Crippen molar-refractivity contribution in [2.75, 3.05) is 55.9 Å². The number of fused-ring (bicyclic) bond motifs is 2. The third-order valence-corrected chi connectivity index (χ3v) is 9.32. The molecular weight excluding hydrogens is 575 g/mol. The number of anilines is 2. The van der Waals surface area contributed by atoms with E-state index in [1.54, 1.807) is 27.1 Å². The first-order chi connectivity index (χ1) is 22.0. The van der Waals surface area contributed by atoms with Crippen LogP contribution in [-0.2, 0) is 0 Å². The van der Waals surface area contributed by atoms with Gasteiger partial charge in [0.2, 0.25) is 17.9 Å². The molecule has 2 aromatic carbocycles. The second kappa shape index (κ2) is 11.3. The van der Waals surface area contributed by atoms with Crippen LogP contribution in [0.4, 0.5) is 24.5 Å². The summed E-state index contributed by atoms with van der Waals surface area (Å²) in [6.07, 6.45) is 12.8. The van der Waals surface area contributed by atoms with E-state index in [1.807, 2.05) is 100 Å². The number of allylic oxidation sites excluding steroid dienone is 2. The highest BCUT2D eigenvalue weighted by atomic mass is 19.1. The van der Waals surface area contributed by atoms with E-state index in [9.17, 15) is 4.39 Å². The number of para-hydroxylation sites is 2. The highest BCUT2D eigenvalue weighted by Gasteiger charge is 2.41. The largest absolute Gasteiger partial charge is 0.399 e. The van der Waals surface area contributed by atoms with Crippen molar-refractivity contribution in [2.45, 2.75) is 12.6 Å². The third kappa shape index (κ3) is 4.89. The van der Waals surface area contributed by atoms with Crippen LogP contribution in [0.25, 0.3) is 0 Å². The quantitative estimate of drug-likeness (QED) is 0.293. The standard InChI is InChI=1S/C35H34F3N7/c36-31-21-41(26-9-3-1-4-10-26)24-40(31)19-17-39-16-15-29-34(45-25-42(22-32(45)37)27-11-5-2-6-12-27)28-13-7-8-14-30(28)44-23-33(38)43(20-18-39)35(29)44/h1-14,21-23,35H,15-20,24-25H2/q-2. The van der Waals surface area contributed by atoms with E-state index in [-0.39, 0.29) is 24.0 Å². The SMILES string of the molecule is FC1=CN(c2ccccc2)CN1CCN1CCC2=C(N3CN(c4ccccc4)C=C3F)[C-]3C=C[CH-]C=C3N3C=C(F)N(CC1)C23. The van der Waals surface area contributed by atoms with E-state index in [2.05, 4.69) is 4.90 Å². The lowest BCUT2D eigenvalue weighted by molar-refractivity contribution is 0.116. The molecule has 1 unspecified atom stereocenters. The smallest absolute Gasteiger partial charge is 0.210 e. The molecule has 5 aliphatic heterocycles. The van der Waals surface area contributed by atoms with Crippen molar-refractivity contribution < 1.29 is 13.2 Å². The second-order valence-corrected chi connectivity index (χ2v) is 11.9. The predicted octanol–water partition coefficient (Wildman–Crippen LogP) is 6.00. The molecular formula is C35H34F3N7-2. The van der Waals surface area contributed by atoms with Crippen LogP contribution >= 0.6 is 0 Å². The molecule has 0 aromatic heterocycles. The fourth-order valence-corrected chi connectivity index (χ4v) is 7.07. The molecule has 0 spiro atoms. The first-order valence-electron chi connectivity index (χ1n) is 15.4. The molecule has 1 fully saturated rings. The van der Waals surface area contributed by atoms with Crippen molar-refractivity contribution >= 4 is 11.4 Å². The minimum Gasteiger partial charge on any atom is -0.399 e. The molecule has 232 valence electrons. The minimum absolute atomic E-state index is 0.261. The average molecular weight is 610 g/mol. The van der Waals surface area contributed by atoms with Crippen LogP contribution in [0, 0.1) is 12.3 Å². The summed E-state index contributed by atoms with van der Waals surface area (Å²) in [5.41, 5.74) is 4.48. The lowest BCUT2D eigenvalue weighted by Crippen LogP contribution is -2.52. The van der Waals surface area contributed by atoms with Crippen molar-refractivity contribution in [3.05, 3.63) is 145 Å². The molecule has 2 aromatic rings. The monoisotopic (exact) mass is 609 g/mol. The topological polar surface area (TPSA) is 22.7 Å². The zero-order chi connectivity index (χ0) is 30.5. The molecule has 1 aliphatic carbocycles. The first kappa shape index (κ1) is 27.7. The van der Waals surface area contributed by atoms with Gasteiger partial charge in [-0.25, -0.2) is 12.2 Å². The van der Waals surface area contributed by atoms with Crippen LogP contribution < -0.4 is 9.80 Å². The maximum absolute atomic E-state index is 15.9. The van der Waals surface area contributed by atoms with Gasteiger partial charge in [0, 0.05) is 43.8 Å². The van der Waals surface area contributed by atoms with E-state index in [1.165, 1.54) is 6.20 Å². The highest BCUT2D eigenvalue weighted by molar-refractivity contribution is 5.60. The molecule has 45 heavy (non-hydrogen) atoms. The van der Waals surface area contributed by atoms with E-state index in [0.717, 1.165) is 34.3 Å². The van der Waals surface area contributed by atoms with E-state index in [0.29, 0.717) is 52.5 Å². The Morgan fingerprint density at radius 3 is 2.22 bits per heavy atom. The van der Waals surface area contributed by atoms with E-state index < -0.39 is 0 Å². The Morgan fingerprint density at radius 1 is 0.756 bits per heavy atom. The zero-order valence-electron chi connectivity index (χ0n) is 24.8. The zero-order valence-corrected chi connectivity index (χ0v) is 24.8. The number of hydrogen-bond donors (Lipinski definition) is 0. The van der Waals surface area contributed by atoms with Gasteiger partial charge in [-0.05, 0) is 42.9 Å². The normalized spacial score (nSPS) is 23.0. The third-order valence-electron chi connectivity index (χ3n) is 9.32. The van der Waals surface area contributed by atoms with Gasteiger partial charge in [-0.3, -0.25) is 12.5 Å². The van der Waals surface area contributed by atoms with Crippen LogP contribution in [0.3, 0.4) is 0 Å². The molecule has 0 amide bonds. The fraction of sp³-hybridized carbons (Fsp3) is 0.257. The van der Waals surface area contributed by atoms with Crippen molar-refractivity contribution in [1.82, 2.24) is 24.5 Å². The Balaban J connectivity index is 1.06. The van der Waals surface area contributed by atoms with Gasteiger partial charge in [-0.2, -0.15) is 19.1 Å². The van der Waals surface area contributed by atoms with Gasteiger partial charge >= 0.3 is 0 Å². The molecule has 7 nitrogen and oxygen atoms in total. The van der Waals surface area contributed by atoms with Gasteiger partial charge < -0.3 is 34.3 Å². The van der Waals surface area contributed by atoms with Gasteiger partial charge in [-0.1, -0.05) is 42.0 Å². The lowest BCUT2D eigenvalue weighted by Gasteiger charge is -2.56. The number of halogens is 3. The van der Waals surface area contributed by atoms with Crippen LogP contribution in [-0.4, -0.2) is 76.7 Å². The summed E-state index contributed by atoms with van der Waals surface area (Å²) in [6, 6.07) is 19.5. The molecule has 0 bridgehead atoms. The summed E-state index contributed by atoms with van der Waals surface area (Å²) >= 11 is 0. The summed E-state index contributed by atoms with van der Waals surface area (Å²) in [4.78, 5) is 13.3. The van der Waals surface area contributed by atoms with Gasteiger partial charge in [0.1, 0.15) is 0 Å². The summed E-state index contributed by atoms with van der Waals surface area (Å²) in [7, 11) is 0. The maximum Gasteiger partial charge on any atom is 0.210 e. The molecule has 1 atom stereocenters. The maximum atomic E-state index is 15.9. The molecule has 0 radical (unpaired) electrons. The van der Waals surface area contributed by atoms with Gasteiger partial charge in [0.15, 0.2) is 0 Å². The first-order valence-corrected chi connectivity index (χ1v) is 15.4. The van der Waals surface area contributed by atoms with Crippen molar-refractivity contribution in [3.63, 3.8) is 0 Å². The van der Waals surface area contributed by atoms with Gasteiger partial charge in [-0.15, -0.1) is 5.70 Å². The highest BCUT2D eigenvalue weighted by Crippen LogP contribution is 2.49. The van der Waals surface area contributed by atoms with E-state index in [4.69, 9.17) is 0 Å². The molecule has 0 saturated carbocycles. The molecule has 8 rings (SSSR count). The van der Waals surface area contributed by atoms with Crippen LogP contribution in [0.15, 0.2) is 132 Å². The van der Waals surface area contributed by atoms with Gasteiger partial charge in [0.25, 0.3) is 0 Å². The van der Waals surface area contributed by atoms with Crippen LogP contribution in [0.2, 0.25) is 0 Å². The Morgan fingerprint density at radius 2 is 1.47 bits per heavy atom.